The van der Waals surface area contributed by atoms with E-state index >= 15 is 0 Å². The molecule has 0 N–H and O–H groups in total. The third-order valence-corrected chi connectivity index (χ3v) is 5.21. The molecule has 0 aliphatic carbocycles. The van der Waals surface area contributed by atoms with E-state index in [1.54, 1.807) is 11.5 Å². The van der Waals surface area contributed by atoms with Crippen molar-refractivity contribution in [1.82, 2.24) is 9.55 Å². The molecule has 3 aromatic rings. The lowest BCUT2D eigenvalue weighted by molar-refractivity contribution is -0.117. The number of benzene rings is 1. The van der Waals surface area contributed by atoms with Crippen molar-refractivity contribution in [2.75, 3.05) is 0 Å². The molecule has 4 nitrogen and oxygen atoms in total. The number of carbonyl (C=O) groups excluding carboxylic acids is 1. The van der Waals surface area contributed by atoms with Gasteiger partial charge < -0.3 is 0 Å². The normalized spacial score (nSPS) is 11.2. The molecule has 0 fully saturated rings. The number of halogens is 1. The Hall–Kier alpha value is -1.98. The van der Waals surface area contributed by atoms with Gasteiger partial charge in [0, 0.05) is 35.4 Å². The van der Waals surface area contributed by atoms with Crippen molar-refractivity contribution < 1.29 is 4.79 Å². The molecular weight excluding hydrogens is 356 g/mol. The van der Waals surface area contributed by atoms with Gasteiger partial charge in [0.1, 0.15) is 16.4 Å². The Morgan fingerprint density at radius 1 is 1.28 bits per heavy atom. The number of fused-ring (bicyclic) bond motifs is 1. The van der Waals surface area contributed by atoms with E-state index in [0.29, 0.717) is 23.4 Å². The Bertz CT molecular complexity index is 973. The Labute approximate surface area is 155 Å². The maximum absolute atomic E-state index is 13.2. The zero-order chi connectivity index (χ0) is 18.0. The van der Waals surface area contributed by atoms with Gasteiger partial charge in [0.15, 0.2) is 0 Å². The number of nitrogens with zero attached hydrogens (tertiary/aromatic N) is 2. The Morgan fingerprint density at radius 3 is 2.64 bits per heavy atom. The van der Waals surface area contributed by atoms with E-state index in [1.807, 2.05) is 29.6 Å². The molecule has 0 amide bonds. The van der Waals surface area contributed by atoms with Gasteiger partial charge in [-0.3, -0.25) is 14.2 Å². The third-order valence-electron chi connectivity index (χ3n) is 4.09. The van der Waals surface area contributed by atoms with Gasteiger partial charge in [-0.25, -0.2) is 4.98 Å². The van der Waals surface area contributed by atoms with Crippen LogP contribution in [0.15, 0.2) is 34.4 Å². The van der Waals surface area contributed by atoms with Crippen LogP contribution in [0.5, 0.6) is 0 Å². The second-order valence-corrected chi connectivity index (χ2v) is 7.32. The second-order valence-electron chi connectivity index (χ2n) is 6.02. The summed E-state index contributed by atoms with van der Waals surface area (Å²) < 4.78 is 1.67. The highest BCUT2D eigenvalue weighted by atomic mass is 35.5. The van der Waals surface area contributed by atoms with Crippen LogP contribution >= 0.6 is 22.9 Å². The number of aryl methyl sites for hydroxylation is 1. The number of hydrogen-bond donors (Lipinski definition) is 0. The zero-order valence-electron chi connectivity index (χ0n) is 14.2. The minimum atomic E-state index is -0.0686. The van der Waals surface area contributed by atoms with Crippen molar-refractivity contribution in [2.24, 2.45) is 0 Å². The Morgan fingerprint density at radius 2 is 2.00 bits per heavy atom. The van der Waals surface area contributed by atoms with E-state index in [2.05, 4.69) is 6.92 Å². The van der Waals surface area contributed by atoms with E-state index in [-0.39, 0.29) is 11.3 Å². The molecule has 0 aliphatic rings. The molecular formula is C19H19ClN2O2S. The SMILES string of the molecule is CCCc1nc2scc(-c3ccc(Cl)cc3)c2c(=O)n1CCC(C)=O. The molecule has 130 valence electrons. The maximum atomic E-state index is 13.2. The number of Topliss-reactive ketones (excluding diaryl/α,β-unsaturated/α-hetero) is 1. The minimum Gasteiger partial charge on any atom is -0.300 e. The van der Waals surface area contributed by atoms with Crippen molar-refractivity contribution in [2.45, 2.75) is 39.7 Å². The smallest absolute Gasteiger partial charge is 0.262 e. The molecule has 0 unspecified atom stereocenters. The van der Waals surface area contributed by atoms with E-state index < -0.39 is 0 Å². The van der Waals surface area contributed by atoms with Crippen molar-refractivity contribution in [3.8, 4) is 11.1 Å². The molecule has 1 aromatic carbocycles. The van der Waals surface area contributed by atoms with Crippen LogP contribution in [0.2, 0.25) is 5.02 Å². The molecule has 0 saturated heterocycles. The average molecular weight is 375 g/mol. The molecule has 0 aliphatic heterocycles. The summed E-state index contributed by atoms with van der Waals surface area (Å²) in [6.45, 7) is 3.97. The number of ketones is 1. The van der Waals surface area contributed by atoms with E-state index in [9.17, 15) is 9.59 Å². The molecule has 25 heavy (non-hydrogen) atoms. The van der Waals surface area contributed by atoms with Gasteiger partial charge in [-0.2, -0.15) is 0 Å². The summed E-state index contributed by atoms with van der Waals surface area (Å²) >= 11 is 7.44. The van der Waals surface area contributed by atoms with Gasteiger partial charge in [-0.15, -0.1) is 11.3 Å². The van der Waals surface area contributed by atoms with Crippen LogP contribution in [0.1, 0.15) is 32.5 Å². The summed E-state index contributed by atoms with van der Waals surface area (Å²) in [4.78, 5) is 30.0. The standard InChI is InChI=1S/C19H19ClN2O2S/c1-3-4-16-21-18-17(19(24)22(16)10-9-12(2)23)15(11-25-18)13-5-7-14(20)8-6-13/h5-8,11H,3-4,9-10H2,1-2H3. The number of carbonyl (C=O) groups is 1. The predicted molar refractivity (Wildman–Crippen MR) is 104 cm³/mol. The minimum absolute atomic E-state index is 0.0673. The molecule has 2 heterocycles. The number of rotatable bonds is 6. The van der Waals surface area contributed by atoms with Crippen LogP contribution in [0.3, 0.4) is 0 Å². The van der Waals surface area contributed by atoms with Gasteiger partial charge in [0.2, 0.25) is 0 Å². The highest BCUT2D eigenvalue weighted by Gasteiger charge is 2.17. The monoisotopic (exact) mass is 374 g/mol. The van der Waals surface area contributed by atoms with Gasteiger partial charge in [-0.1, -0.05) is 30.7 Å². The summed E-state index contributed by atoms with van der Waals surface area (Å²) in [5.41, 5.74) is 1.74. The first-order valence-electron chi connectivity index (χ1n) is 8.27. The summed E-state index contributed by atoms with van der Waals surface area (Å²) in [6.07, 6.45) is 1.95. The summed E-state index contributed by atoms with van der Waals surface area (Å²) in [7, 11) is 0. The molecule has 2 aromatic heterocycles. The maximum Gasteiger partial charge on any atom is 0.262 e. The van der Waals surface area contributed by atoms with Crippen molar-refractivity contribution >= 4 is 38.9 Å². The Balaban J connectivity index is 2.19. The highest BCUT2D eigenvalue weighted by molar-refractivity contribution is 7.17. The Kier molecular flexibility index (Phi) is 5.35. The molecule has 0 atom stereocenters. The van der Waals surface area contributed by atoms with Crippen LogP contribution in [-0.2, 0) is 17.8 Å². The second kappa shape index (κ2) is 7.50. The molecule has 3 rings (SSSR count). The molecule has 0 spiro atoms. The fourth-order valence-corrected chi connectivity index (χ4v) is 3.91. The lowest BCUT2D eigenvalue weighted by Gasteiger charge is -2.11. The number of aromatic nitrogens is 2. The van der Waals surface area contributed by atoms with Crippen LogP contribution in [-0.4, -0.2) is 15.3 Å². The van der Waals surface area contributed by atoms with Gasteiger partial charge >= 0.3 is 0 Å². The first-order valence-corrected chi connectivity index (χ1v) is 9.53. The van der Waals surface area contributed by atoms with Gasteiger partial charge in [-0.05, 0) is 31.0 Å². The predicted octanol–water partition coefficient (Wildman–Crippen LogP) is 4.71. The summed E-state index contributed by atoms with van der Waals surface area (Å²) in [5.74, 6) is 0.823. The van der Waals surface area contributed by atoms with Crippen molar-refractivity contribution in [3.05, 3.63) is 50.8 Å². The first kappa shape index (κ1) is 17.8. The quantitative estimate of drug-likeness (QED) is 0.627. The number of thiophene rings is 1. The average Bonchev–Trinajstić information content (AvgIpc) is 2.99. The lowest BCUT2D eigenvalue weighted by Crippen LogP contribution is -2.26. The van der Waals surface area contributed by atoms with E-state index in [0.717, 1.165) is 34.6 Å². The molecule has 0 bridgehead atoms. The first-order chi connectivity index (χ1) is 12.0. The summed E-state index contributed by atoms with van der Waals surface area (Å²) in [5, 5.41) is 3.24. The van der Waals surface area contributed by atoms with E-state index in [1.165, 1.54) is 11.3 Å². The van der Waals surface area contributed by atoms with Crippen molar-refractivity contribution in [1.29, 1.82) is 0 Å². The van der Waals surface area contributed by atoms with E-state index in [4.69, 9.17) is 16.6 Å². The van der Waals surface area contributed by atoms with Crippen LogP contribution in [0, 0.1) is 0 Å². The molecule has 6 heteroatoms. The topological polar surface area (TPSA) is 52.0 Å². The number of hydrogen-bond acceptors (Lipinski definition) is 4. The van der Waals surface area contributed by atoms with Crippen LogP contribution in [0.25, 0.3) is 21.3 Å². The van der Waals surface area contributed by atoms with Crippen LogP contribution < -0.4 is 5.56 Å². The van der Waals surface area contributed by atoms with Crippen LogP contribution in [0.4, 0.5) is 0 Å². The van der Waals surface area contributed by atoms with Gasteiger partial charge in [0.25, 0.3) is 5.56 Å². The molecule has 0 saturated carbocycles. The fraction of sp³-hybridized carbons (Fsp3) is 0.316. The zero-order valence-corrected chi connectivity index (χ0v) is 15.8. The fourth-order valence-electron chi connectivity index (χ4n) is 2.82. The third kappa shape index (κ3) is 3.67. The highest BCUT2D eigenvalue weighted by Crippen LogP contribution is 2.31. The van der Waals surface area contributed by atoms with Gasteiger partial charge in [0.05, 0.1) is 5.39 Å². The van der Waals surface area contributed by atoms with Crippen molar-refractivity contribution in [3.63, 3.8) is 0 Å². The molecule has 0 radical (unpaired) electrons. The lowest BCUT2D eigenvalue weighted by atomic mass is 10.1. The summed E-state index contributed by atoms with van der Waals surface area (Å²) in [6, 6.07) is 7.44. The largest absolute Gasteiger partial charge is 0.300 e.